The summed E-state index contributed by atoms with van der Waals surface area (Å²) in [4.78, 5) is 0.0157. The van der Waals surface area contributed by atoms with Crippen molar-refractivity contribution >= 4 is 22.4 Å². The van der Waals surface area contributed by atoms with Crippen LogP contribution in [0.5, 0.6) is 5.75 Å². The zero-order valence-corrected chi connectivity index (χ0v) is 13.3. The third-order valence-corrected chi connectivity index (χ3v) is 4.99. The van der Waals surface area contributed by atoms with Gasteiger partial charge < -0.3 is 10.5 Å². The monoisotopic (exact) mass is 331 g/mol. The lowest BCUT2D eigenvalue weighted by molar-refractivity contribution is 0.251. The first-order valence-corrected chi connectivity index (χ1v) is 7.75. The van der Waals surface area contributed by atoms with Crippen molar-refractivity contribution in [2.45, 2.75) is 29.7 Å². The number of benzene rings is 1. The number of methoxy groups -OCH3 is 1. The van der Waals surface area contributed by atoms with E-state index in [0.717, 1.165) is 19.3 Å². The minimum atomic E-state index is -3.70. The first-order chi connectivity index (χ1) is 9.40. The molecule has 3 N–H and O–H groups in total. The van der Waals surface area contributed by atoms with Gasteiger partial charge in [-0.25, -0.2) is 13.1 Å². The van der Waals surface area contributed by atoms with Gasteiger partial charge in [-0.3, -0.25) is 0 Å². The van der Waals surface area contributed by atoms with E-state index in [2.05, 4.69) is 4.72 Å². The average Bonchev–Trinajstić information content (AvgIpc) is 2.42. The topological polar surface area (TPSA) is 105 Å². The highest BCUT2D eigenvalue weighted by molar-refractivity contribution is 7.89. The van der Waals surface area contributed by atoms with Crippen molar-refractivity contribution in [2.24, 2.45) is 5.73 Å². The van der Waals surface area contributed by atoms with Gasteiger partial charge in [-0.2, -0.15) is 5.26 Å². The summed E-state index contributed by atoms with van der Waals surface area (Å²) >= 11 is 0. The Labute approximate surface area is 130 Å². The molecule has 0 heterocycles. The molecule has 0 saturated heterocycles. The second kappa shape index (κ2) is 6.62. The molecule has 8 heteroatoms. The lowest BCUT2D eigenvalue weighted by Crippen LogP contribution is -2.54. The minimum absolute atomic E-state index is 0. The molecular weight excluding hydrogens is 314 g/mol. The van der Waals surface area contributed by atoms with Crippen LogP contribution in [0.2, 0.25) is 0 Å². The summed E-state index contributed by atoms with van der Waals surface area (Å²) < 4.78 is 32.1. The van der Waals surface area contributed by atoms with Crippen LogP contribution < -0.4 is 15.2 Å². The quantitative estimate of drug-likeness (QED) is 0.842. The number of sulfonamides is 1. The van der Waals surface area contributed by atoms with E-state index in [0.29, 0.717) is 5.56 Å². The number of hydrogen-bond acceptors (Lipinski definition) is 5. The molecule has 0 bridgehead atoms. The van der Waals surface area contributed by atoms with Crippen LogP contribution in [0.25, 0.3) is 0 Å². The Bertz CT molecular complexity index is 651. The van der Waals surface area contributed by atoms with E-state index in [1.54, 1.807) is 0 Å². The van der Waals surface area contributed by atoms with Crippen LogP contribution in [-0.2, 0) is 10.0 Å². The second-order valence-corrected chi connectivity index (χ2v) is 6.75. The lowest BCUT2D eigenvalue weighted by Gasteiger charge is -2.38. The minimum Gasteiger partial charge on any atom is -0.495 e. The maximum absolute atomic E-state index is 12.3. The van der Waals surface area contributed by atoms with Gasteiger partial charge in [-0.1, -0.05) is 0 Å². The molecule has 116 valence electrons. The Kier molecular flexibility index (Phi) is 5.59. The molecule has 6 nitrogen and oxygen atoms in total. The first-order valence-electron chi connectivity index (χ1n) is 6.27. The summed E-state index contributed by atoms with van der Waals surface area (Å²) in [6.07, 6.45) is 2.67. The summed E-state index contributed by atoms with van der Waals surface area (Å²) in [5.41, 5.74) is 5.91. The molecule has 0 aromatic heterocycles. The van der Waals surface area contributed by atoms with E-state index < -0.39 is 15.6 Å². The molecule has 0 spiro atoms. The second-order valence-electron chi connectivity index (χ2n) is 5.02. The SMILES string of the molecule is COc1cc(C#N)ccc1S(=O)(=O)NCC1(N)CCC1.Cl. The van der Waals surface area contributed by atoms with Crippen LogP contribution in [0.1, 0.15) is 24.8 Å². The van der Waals surface area contributed by atoms with E-state index >= 15 is 0 Å². The van der Waals surface area contributed by atoms with Gasteiger partial charge in [-0.15, -0.1) is 12.4 Å². The molecule has 1 aliphatic rings. The van der Waals surface area contributed by atoms with Crippen molar-refractivity contribution in [3.05, 3.63) is 23.8 Å². The summed E-state index contributed by atoms with van der Waals surface area (Å²) in [7, 11) is -2.33. The number of ether oxygens (including phenoxy) is 1. The molecule has 21 heavy (non-hydrogen) atoms. The third kappa shape index (κ3) is 3.86. The molecule has 1 aromatic carbocycles. The zero-order chi connectivity index (χ0) is 14.8. The number of nitrogens with one attached hydrogen (secondary N) is 1. The van der Waals surface area contributed by atoms with Crippen LogP contribution in [0.15, 0.2) is 23.1 Å². The highest BCUT2D eigenvalue weighted by Crippen LogP contribution is 2.29. The van der Waals surface area contributed by atoms with E-state index in [9.17, 15) is 8.42 Å². The van der Waals surface area contributed by atoms with Gasteiger partial charge in [0.05, 0.1) is 18.7 Å². The smallest absolute Gasteiger partial charge is 0.244 e. The zero-order valence-electron chi connectivity index (χ0n) is 11.6. The summed E-state index contributed by atoms with van der Waals surface area (Å²) in [6.45, 7) is 0.207. The number of hydrogen-bond donors (Lipinski definition) is 2. The van der Waals surface area contributed by atoms with Crippen LogP contribution in [-0.4, -0.2) is 27.6 Å². The largest absolute Gasteiger partial charge is 0.495 e. The fraction of sp³-hybridized carbons (Fsp3) is 0.462. The number of nitrogens with zero attached hydrogens (tertiary/aromatic N) is 1. The predicted octanol–water partition coefficient (Wildman–Crippen LogP) is 1.15. The standard InChI is InChI=1S/C13H17N3O3S.ClH/c1-19-11-7-10(8-14)3-4-12(11)20(17,18)16-9-13(15)5-2-6-13;/h3-4,7,16H,2,5-6,9,15H2,1H3;1H. The molecule has 1 aromatic rings. The van der Waals surface area contributed by atoms with Crippen molar-refractivity contribution in [3.63, 3.8) is 0 Å². The molecule has 0 radical (unpaired) electrons. The van der Waals surface area contributed by atoms with Crippen LogP contribution in [0.3, 0.4) is 0 Å². The Balaban J connectivity index is 0.00000220. The van der Waals surface area contributed by atoms with Crippen LogP contribution >= 0.6 is 12.4 Å². The van der Waals surface area contributed by atoms with Gasteiger partial charge in [0.1, 0.15) is 10.6 Å². The molecular formula is C13H18ClN3O3S. The van der Waals surface area contributed by atoms with Gasteiger partial charge in [0.25, 0.3) is 0 Å². The molecule has 1 fully saturated rings. The maximum Gasteiger partial charge on any atom is 0.244 e. The number of nitrogens with two attached hydrogens (primary N) is 1. The third-order valence-electron chi connectivity index (χ3n) is 3.55. The van der Waals surface area contributed by atoms with Crippen molar-refractivity contribution in [3.8, 4) is 11.8 Å². The van der Waals surface area contributed by atoms with Crippen molar-refractivity contribution in [1.82, 2.24) is 4.72 Å². The molecule has 0 aliphatic heterocycles. The highest BCUT2D eigenvalue weighted by atomic mass is 35.5. The van der Waals surface area contributed by atoms with Crippen molar-refractivity contribution in [1.29, 1.82) is 5.26 Å². The Morgan fingerprint density at radius 3 is 2.62 bits per heavy atom. The fourth-order valence-corrected chi connectivity index (χ4v) is 3.37. The molecule has 1 saturated carbocycles. The van der Waals surface area contributed by atoms with E-state index in [-0.39, 0.29) is 29.6 Å². The Morgan fingerprint density at radius 1 is 1.48 bits per heavy atom. The molecule has 1 aliphatic carbocycles. The van der Waals surface area contributed by atoms with E-state index in [1.165, 1.54) is 25.3 Å². The number of nitriles is 1. The van der Waals surface area contributed by atoms with Gasteiger partial charge in [0, 0.05) is 12.1 Å². The molecule has 0 atom stereocenters. The molecule has 0 unspecified atom stereocenters. The lowest BCUT2D eigenvalue weighted by atomic mass is 9.78. The summed E-state index contributed by atoms with van der Waals surface area (Å²) in [6, 6.07) is 6.15. The van der Waals surface area contributed by atoms with Gasteiger partial charge in [-0.05, 0) is 37.5 Å². The maximum atomic E-state index is 12.3. The predicted molar refractivity (Wildman–Crippen MR) is 80.9 cm³/mol. The van der Waals surface area contributed by atoms with E-state index in [1.807, 2.05) is 6.07 Å². The van der Waals surface area contributed by atoms with E-state index in [4.69, 9.17) is 15.7 Å². The van der Waals surface area contributed by atoms with Crippen molar-refractivity contribution in [2.75, 3.05) is 13.7 Å². The molecule has 2 rings (SSSR count). The average molecular weight is 332 g/mol. The Hall–Kier alpha value is -1.33. The highest BCUT2D eigenvalue weighted by Gasteiger charge is 2.34. The fourth-order valence-electron chi connectivity index (χ4n) is 2.08. The van der Waals surface area contributed by atoms with Crippen LogP contribution in [0, 0.1) is 11.3 Å². The number of halogens is 1. The number of rotatable bonds is 5. The Morgan fingerprint density at radius 2 is 2.14 bits per heavy atom. The van der Waals surface area contributed by atoms with Gasteiger partial charge in [0.15, 0.2) is 0 Å². The van der Waals surface area contributed by atoms with Crippen molar-refractivity contribution < 1.29 is 13.2 Å². The summed E-state index contributed by atoms with van der Waals surface area (Å²) in [5, 5.41) is 8.81. The first kappa shape index (κ1) is 17.7. The van der Waals surface area contributed by atoms with Crippen LogP contribution in [0.4, 0.5) is 0 Å². The van der Waals surface area contributed by atoms with Gasteiger partial charge >= 0.3 is 0 Å². The molecule has 0 amide bonds. The summed E-state index contributed by atoms with van der Waals surface area (Å²) in [5.74, 6) is 0.149. The van der Waals surface area contributed by atoms with Gasteiger partial charge in [0.2, 0.25) is 10.0 Å². The normalized spacial score (nSPS) is 16.2.